The van der Waals surface area contributed by atoms with Crippen LogP contribution in [0.4, 0.5) is 5.95 Å². The molecule has 1 aliphatic heterocycles. The third kappa shape index (κ3) is 2.07. The van der Waals surface area contributed by atoms with Crippen LogP contribution in [0.5, 0.6) is 0 Å². The molecule has 0 spiro atoms. The highest BCUT2D eigenvalue weighted by atomic mass is 15.4. The maximum absolute atomic E-state index is 4.47. The molecule has 0 aromatic carbocycles. The number of rotatable bonds is 1. The number of hydrogen-bond donors (Lipinski definition) is 1. The van der Waals surface area contributed by atoms with Crippen molar-refractivity contribution in [2.75, 3.05) is 24.5 Å². The molecule has 1 aromatic heterocycles. The van der Waals surface area contributed by atoms with Crippen molar-refractivity contribution in [3.05, 3.63) is 11.4 Å². The average molecular weight is 207 g/mol. The van der Waals surface area contributed by atoms with Crippen molar-refractivity contribution in [2.45, 2.75) is 26.8 Å². The van der Waals surface area contributed by atoms with Crippen molar-refractivity contribution >= 4 is 5.95 Å². The summed E-state index contributed by atoms with van der Waals surface area (Å²) in [6, 6.07) is 0.433. The highest BCUT2D eigenvalue weighted by Crippen LogP contribution is 2.12. The number of nitrogens with one attached hydrogen (secondary N) is 1. The van der Waals surface area contributed by atoms with E-state index in [1.807, 2.05) is 13.8 Å². The molecule has 1 saturated heterocycles. The van der Waals surface area contributed by atoms with Gasteiger partial charge in [0.25, 0.3) is 0 Å². The van der Waals surface area contributed by atoms with E-state index >= 15 is 0 Å². The first-order valence-corrected chi connectivity index (χ1v) is 5.34. The second-order valence-corrected chi connectivity index (χ2v) is 4.03. The van der Waals surface area contributed by atoms with E-state index in [1.165, 1.54) is 0 Å². The van der Waals surface area contributed by atoms with Gasteiger partial charge in [-0.3, -0.25) is 0 Å². The molecule has 0 bridgehead atoms. The predicted molar refractivity (Wildman–Crippen MR) is 59.0 cm³/mol. The Hall–Kier alpha value is -1.23. The molecule has 1 aliphatic rings. The standard InChI is InChI=1S/C10H17N5/c1-7-6-11-4-5-15(7)10-12-8(2)9(3)13-14-10/h7,11H,4-6H2,1-3H3. The SMILES string of the molecule is Cc1nnc(N2CCNCC2C)nc1C. The summed E-state index contributed by atoms with van der Waals surface area (Å²) < 4.78 is 0. The highest BCUT2D eigenvalue weighted by Gasteiger charge is 2.20. The van der Waals surface area contributed by atoms with E-state index in [0.29, 0.717) is 6.04 Å². The maximum Gasteiger partial charge on any atom is 0.245 e. The number of nitrogens with zero attached hydrogens (tertiary/aromatic N) is 4. The van der Waals surface area contributed by atoms with Gasteiger partial charge in [-0.1, -0.05) is 0 Å². The fraction of sp³-hybridized carbons (Fsp3) is 0.700. The van der Waals surface area contributed by atoms with E-state index in [-0.39, 0.29) is 0 Å². The Morgan fingerprint density at radius 2 is 2.07 bits per heavy atom. The minimum atomic E-state index is 0.433. The molecule has 0 aliphatic carbocycles. The fourth-order valence-electron chi connectivity index (χ4n) is 1.71. The van der Waals surface area contributed by atoms with Crippen LogP contribution in [0.15, 0.2) is 0 Å². The summed E-state index contributed by atoms with van der Waals surface area (Å²) in [5, 5.41) is 11.6. The summed E-state index contributed by atoms with van der Waals surface area (Å²) in [7, 11) is 0. The molecule has 82 valence electrons. The Morgan fingerprint density at radius 3 is 2.73 bits per heavy atom. The third-order valence-electron chi connectivity index (χ3n) is 2.84. The third-order valence-corrected chi connectivity index (χ3v) is 2.84. The van der Waals surface area contributed by atoms with Crippen LogP contribution >= 0.6 is 0 Å². The lowest BCUT2D eigenvalue weighted by Gasteiger charge is -2.33. The molecular weight excluding hydrogens is 190 g/mol. The summed E-state index contributed by atoms with van der Waals surface area (Å²) in [6.45, 7) is 8.99. The second kappa shape index (κ2) is 4.10. The molecule has 0 saturated carbocycles. The molecule has 15 heavy (non-hydrogen) atoms. The monoisotopic (exact) mass is 207 g/mol. The molecule has 2 rings (SSSR count). The number of piperazine rings is 1. The Kier molecular flexibility index (Phi) is 2.81. The zero-order chi connectivity index (χ0) is 10.8. The first-order valence-electron chi connectivity index (χ1n) is 5.34. The lowest BCUT2D eigenvalue weighted by molar-refractivity contribution is 0.490. The molecule has 1 fully saturated rings. The highest BCUT2D eigenvalue weighted by molar-refractivity contribution is 5.32. The Morgan fingerprint density at radius 1 is 1.27 bits per heavy atom. The summed E-state index contributed by atoms with van der Waals surface area (Å²) in [5.41, 5.74) is 1.87. The van der Waals surface area contributed by atoms with Crippen LogP contribution in [-0.2, 0) is 0 Å². The van der Waals surface area contributed by atoms with Crippen molar-refractivity contribution in [2.24, 2.45) is 0 Å². The normalized spacial score (nSPS) is 21.8. The smallest absolute Gasteiger partial charge is 0.245 e. The number of anilines is 1. The molecule has 5 nitrogen and oxygen atoms in total. The van der Waals surface area contributed by atoms with Crippen LogP contribution in [0.1, 0.15) is 18.3 Å². The van der Waals surface area contributed by atoms with Crippen LogP contribution in [0.3, 0.4) is 0 Å². The van der Waals surface area contributed by atoms with Gasteiger partial charge < -0.3 is 10.2 Å². The lowest BCUT2D eigenvalue weighted by atomic mass is 10.2. The van der Waals surface area contributed by atoms with Gasteiger partial charge in [0, 0.05) is 25.7 Å². The van der Waals surface area contributed by atoms with Crippen molar-refractivity contribution < 1.29 is 0 Å². The van der Waals surface area contributed by atoms with Crippen molar-refractivity contribution in [3.8, 4) is 0 Å². The van der Waals surface area contributed by atoms with Crippen LogP contribution in [0.25, 0.3) is 0 Å². The van der Waals surface area contributed by atoms with Gasteiger partial charge in [-0.25, -0.2) is 4.98 Å². The Bertz CT molecular complexity index is 352. The van der Waals surface area contributed by atoms with Gasteiger partial charge in [0.15, 0.2) is 0 Å². The number of hydrogen-bond acceptors (Lipinski definition) is 5. The minimum Gasteiger partial charge on any atom is -0.334 e. The van der Waals surface area contributed by atoms with Crippen molar-refractivity contribution in [3.63, 3.8) is 0 Å². The van der Waals surface area contributed by atoms with E-state index in [2.05, 4.69) is 32.3 Å². The first kappa shape index (κ1) is 10.3. The Labute approximate surface area is 89.9 Å². The van der Waals surface area contributed by atoms with Crippen LogP contribution in [0.2, 0.25) is 0 Å². The van der Waals surface area contributed by atoms with E-state index in [0.717, 1.165) is 37.0 Å². The quantitative estimate of drug-likeness (QED) is 0.717. The van der Waals surface area contributed by atoms with Gasteiger partial charge in [0.1, 0.15) is 0 Å². The van der Waals surface area contributed by atoms with Gasteiger partial charge in [-0.2, -0.15) is 5.10 Å². The average Bonchev–Trinajstić information content (AvgIpc) is 2.23. The molecule has 5 heteroatoms. The fourth-order valence-corrected chi connectivity index (χ4v) is 1.71. The lowest BCUT2D eigenvalue weighted by Crippen LogP contribution is -2.50. The Balaban J connectivity index is 2.24. The second-order valence-electron chi connectivity index (χ2n) is 4.03. The molecular formula is C10H17N5. The number of aryl methyl sites for hydroxylation is 2. The predicted octanol–water partition coefficient (Wildman–Crippen LogP) is 0.287. The van der Waals surface area contributed by atoms with Gasteiger partial charge in [0.05, 0.1) is 11.4 Å². The van der Waals surface area contributed by atoms with Crippen molar-refractivity contribution in [1.82, 2.24) is 20.5 Å². The van der Waals surface area contributed by atoms with Crippen LogP contribution in [0, 0.1) is 13.8 Å². The largest absolute Gasteiger partial charge is 0.334 e. The van der Waals surface area contributed by atoms with E-state index in [9.17, 15) is 0 Å². The molecule has 1 atom stereocenters. The molecule has 1 unspecified atom stereocenters. The summed E-state index contributed by atoms with van der Waals surface area (Å²) in [4.78, 5) is 6.68. The molecule has 1 N–H and O–H groups in total. The van der Waals surface area contributed by atoms with Gasteiger partial charge >= 0.3 is 0 Å². The minimum absolute atomic E-state index is 0.433. The zero-order valence-corrected chi connectivity index (χ0v) is 9.49. The van der Waals surface area contributed by atoms with Crippen molar-refractivity contribution in [1.29, 1.82) is 0 Å². The van der Waals surface area contributed by atoms with E-state index in [4.69, 9.17) is 0 Å². The summed E-state index contributed by atoms with van der Waals surface area (Å²) in [6.07, 6.45) is 0. The molecule has 0 amide bonds. The van der Waals surface area contributed by atoms with E-state index in [1.54, 1.807) is 0 Å². The molecule has 0 radical (unpaired) electrons. The topological polar surface area (TPSA) is 53.9 Å². The van der Waals surface area contributed by atoms with Crippen LogP contribution in [-0.4, -0.2) is 40.9 Å². The van der Waals surface area contributed by atoms with Gasteiger partial charge in [-0.05, 0) is 20.8 Å². The summed E-state index contributed by atoms with van der Waals surface area (Å²) >= 11 is 0. The zero-order valence-electron chi connectivity index (χ0n) is 9.49. The van der Waals surface area contributed by atoms with Gasteiger partial charge in [-0.15, -0.1) is 5.10 Å². The molecule has 2 heterocycles. The first-order chi connectivity index (χ1) is 7.18. The maximum atomic E-state index is 4.47. The summed E-state index contributed by atoms with van der Waals surface area (Å²) in [5.74, 6) is 0.757. The van der Waals surface area contributed by atoms with Gasteiger partial charge in [0.2, 0.25) is 5.95 Å². The van der Waals surface area contributed by atoms with Crippen LogP contribution < -0.4 is 10.2 Å². The van der Waals surface area contributed by atoms with E-state index < -0.39 is 0 Å². The molecule has 1 aromatic rings. The number of aromatic nitrogens is 3.